The summed E-state index contributed by atoms with van der Waals surface area (Å²) >= 11 is 0. The predicted octanol–water partition coefficient (Wildman–Crippen LogP) is 9.57. The van der Waals surface area contributed by atoms with Crippen molar-refractivity contribution >= 4 is 5.97 Å². The summed E-state index contributed by atoms with van der Waals surface area (Å²) in [6.45, 7) is 14.2. The van der Waals surface area contributed by atoms with Crippen molar-refractivity contribution in [2.45, 2.75) is 96.9 Å². The molecule has 4 nitrogen and oxygen atoms in total. The summed E-state index contributed by atoms with van der Waals surface area (Å²) in [6.07, 6.45) is 4.97. The second-order valence-corrected chi connectivity index (χ2v) is 14.2. The molecule has 42 heavy (non-hydrogen) atoms. The first kappa shape index (κ1) is 30.9. The number of hydrogen-bond acceptors (Lipinski definition) is 4. The van der Waals surface area contributed by atoms with Crippen molar-refractivity contribution in [3.8, 4) is 0 Å². The first-order valence-corrected chi connectivity index (χ1v) is 15.3. The number of rotatable bonds is 7. The molecule has 0 N–H and O–H groups in total. The number of hydrogen-bond donors (Lipinski definition) is 0. The number of fused-ring (bicyclic) bond motifs is 3. The molecule has 3 aliphatic carbocycles. The van der Waals surface area contributed by atoms with Crippen LogP contribution in [-0.2, 0) is 19.9 Å². The Morgan fingerprint density at radius 2 is 1.74 bits per heavy atom. The van der Waals surface area contributed by atoms with Gasteiger partial charge in [-0.3, -0.25) is 0 Å². The molecule has 2 aromatic rings. The molecule has 0 radical (unpaired) electrons. The van der Waals surface area contributed by atoms with Crippen molar-refractivity contribution < 1.29 is 31.9 Å². The lowest BCUT2D eigenvalue weighted by molar-refractivity contribution is -0.279. The number of carbonyl (C=O) groups is 1. The van der Waals surface area contributed by atoms with Crippen LogP contribution >= 0.6 is 0 Å². The van der Waals surface area contributed by atoms with E-state index in [9.17, 15) is 18.0 Å². The van der Waals surface area contributed by atoms with Crippen LogP contribution in [0.5, 0.6) is 0 Å². The lowest BCUT2D eigenvalue weighted by Gasteiger charge is -2.66. The second-order valence-electron chi connectivity index (χ2n) is 14.2. The van der Waals surface area contributed by atoms with Crippen molar-refractivity contribution in [1.82, 2.24) is 0 Å². The van der Waals surface area contributed by atoms with Crippen LogP contribution in [0.25, 0.3) is 0 Å². The van der Waals surface area contributed by atoms with E-state index in [1.807, 2.05) is 0 Å². The molecule has 0 amide bonds. The normalized spacial score (nSPS) is 33.1. The molecule has 3 saturated carbocycles. The lowest BCUT2D eigenvalue weighted by Crippen LogP contribution is -2.58. The van der Waals surface area contributed by atoms with Gasteiger partial charge in [0.1, 0.15) is 6.10 Å². The minimum absolute atomic E-state index is 0.0219. The van der Waals surface area contributed by atoms with E-state index >= 15 is 0 Å². The van der Waals surface area contributed by atoms with E-state index in [0.717, 1.165) is 38.4 Å². The highest BCUT2D eigenvalue weighted by Crippen LogP contribution is 2.69. The van der Waals surface area contributed by atoms with Gasteiger partial charge < -0.3 is 13.9 Å². The average molecular weight is 587 g/mol. The highest BCUT2D eigenvalue weighted by Gasteiger charge is 2.65. The van der Waals surface area contributed by atoms with E-state index < -0.39 is 23.9 Å². The molecule has 0 aliphatic heterocycles. The zero-order valence-corrected chi connectivity index (χ0v) is 25.6. The van der Waals surface area contributed by atoms with Gasteiger partial charge in [0.2, 0.25) is 0 Å². The number of halogens is 3. The molecular weight excluding hydrogens is 541 g/mol. The van der Waals surface area contributed by atoms with E-state index in [2.05, 4.69) is 34.3 Å². The molecule has 1 aromatic heterocycles. The minimum Gasteiger partial charge on any atom is -0.472 e. The van der Waals surface area contributed by atoms with Gasteiger partial charge in [0.25, 0.3) is 5.60 Å². The third kappa shape index (κ3) is 4.84. The fourth-order valence-corrected chi connectivity index (χ4v) is 9.69. The second kappa shape index (κ2) is 10.9. The van der Waals surface area contributed by atoms with Gasteiger partial charge in [-0.25, -0.2) is 4.79 Å². The van der Waals surface area contributed by atoms with E-state index in [0.29, 0.717) is 23.8 Å². The Balaban J connectivity index is 1.50. The van der Waals surface area contributed by atoms with Gasteiger partial charge in [0.15, 0.2) is 0 Å². The lowest BCUT2D eigenvalue weighted by atomic mass is 9.39. The maximum absolute atomic E-state index is 14.7. The SMILES string of the molecule is C=C1CC[C@H]2[C@@](C)(CC[C@H]3C(C)(C)CCC[C@]23C)[C@@H]1C[C@@H](OC(=O)[C@](OC)(c1ccccc1)C(F)(F)F)c1ccoc1. The molecule has 0 saturated heterocycles. The summed E-state index contributed by atoms with van der Waals surface area (Å²) in [5.41, 5.74) is -1.60. The molecule has 230 valence electrons. The van der Waals surface area contributed by atoms with Gasteiger partial charge in [-0.15, -0.1) is 0 Å². The van der Waals surface area contributed by atoms with E-state index in [1.54, 1.807) is 12.1 Å². The average Bonchev–Trinajstić information content (AvgIpc) is 3.45. The molecule has 0 unspecified atom stereocenters. The largest absolute Gasteiger partial charge is 0.472 e. The molecule has 5 rings (SSSR count). The zero-order valence-electron chi connectivity index (χ0n) is 25.6. The van der Waals surface area contributed by atoms with Crippen molar-refractivity contribution in [2.75, 3.05) is 7.11 Å². The van der Waals surface area contributed by atoms with E-state index in [1.165, 1.54) is 56.1 Å². The highest BCUT2D eigenvalue weighted by atomic mass is 19.4. The summed E-state index contributed by atoms with van der Waals surface area (Å²) in [6, 6.07) is 8.64. The summed E-state index contributed by atoms with van der Waals surface area (Å²) in [5, 5.41) is 0. The number of allylic oxidation sites excluding steroid dienone is 1. The van der Waals surface area contributed by atoms with Gasteiger partial charge in [0, 0.05) is 18.2 Å². The monoisotopic (exact) mass is 586 g/mol. The van der Waals surface area contributed by atoms with Crippen LogP contribution in [0.3, 0.4) is 0 Å². The topological polar surface area (TPSA) is 48.7 Å². The quantitative estimate of drug-likeness (QED) is 0.239. The first-order chi connectivity index (χ1) is 19.7. The molecular formula is C35H45F3O4. The number of carbonyl (C=O) groups excluding carboxylic acids is 1. The molecule has 0 spiro atoms. The number of esters is 1. The summed E-state index contributed by atoms with van der Waals surface area (Å²) in [5.74, 6) is -0.419. The van der Waals surface area contributed by atoms with Gasteiger partial charge in [0.05, 0.1) is 12.5 Å². The molecule has 7 atom stereocenters. The third-order valence-electron chi connectivity index (χ3n) is 11.7. The molecule has 3 aliphatic rings. The first-order valence-electron chi connectivity index (χ1n) is 15.3. The Hall–Kier alpha value is -2.54. The smallest absolute Gasteiger partial charge is 0.432 e. The van der Waals surface area contributed by atoms with Gasteiger partial charge in [-0.1, -0.05) is 76.6 Å². The van der Waals surface area contributed by atoms with Gasteiger partial charge in [-0.05, 0) is 85.0 Å². The van der Waals surface area contributed by atoms with Crippen LogP contribution in [0.2, 0.25) is 0 Å². The maximum Gasteiger partial charge on any atom is 0.432 e. The highest BCUT2D eigenvalue weighted by molar-refractivity contribution is 5.83. The summed E-state index contributed by atoms with van der Waals surface area (Å²) in [4.78, 5) is 13.7. The molecule has 7 heteroatoms. The van der Waals surface area contributed by atoms with Crippen LogP contribution < -0.4 is 0 Å². The van der Waals surface area contributed by atoms with Gasteiger partial charge >= 0.3 is 12.1 Å². The Morgan fingerprint density at radius 3 is 2.36 bits per heavy atom. The molecule has 1 heterocycles. The van der Waals surface area contributed by atoms with Crippen LogP contribution in [0.4, 0.5) is 13.2 Å². The van der Waals surface area contributed by atoms with Gasteiger partial charge in [-0.2, -0.15) is 13.2 Å². The van der Waals surface area contributed by atoms with Crippen LogP contribution in [0.1, 0.15) is 96.3 Å². The van der Waals surface area contributed by atoms with Crippen LogP contribution in [0, 0.1) is 34.0 Å². The Labute approximate surface area is 248 Å². The maximum atomic E-state index is 14.7. The molecule has 1 aromatic carbocycles. The summed E-state index contributed by atoms with van der Waals surface area (Å²) in [7, 11) is 0.897. The Morgan fingerprint density at radius 1 is 1.02 bits per heavy atom. The van der Waals surface area contributed by atoms with Crippen molar-refractivity contribution in [2.24, 2.45) is 34.0 Å². The summed E-state index contributed by atoms with van der Waals surface area (Å²) < 4.78 is 60.4. The fourth-order valence-electron chi connectivity index (χ4n) is 9.69. The number of alkyl halides is 3. The van der Waals surface area contributed by atoms with Crippen LogP contribution in [0.15, 0.2) is 65.5 Å². The van der Waals surface area contributed by atoms with Crippen molar-refractivity contribution in [1.29, 1.82) is 0 Å². The fraction of sp³-hybridized carbons (Fsp3) is 0.629. The van der Waals surface area contributed by atoms with E-state index in [4.69, 9.17) is 13.9 Å². The predicted molar refractivity (Wildman–Crippen MR) is 155 cm³/mol. The third-order valence-corrected chi connectivity index (χ3v) is 11.7. The van der Waals surface area contributed by atoms with Crippen molar-refractivity contribution in [3.63, 3.8) is 0 Å². The molecule has 0 bridgehead atoms. The van der Waals surface area contributed by atoms with E-state index in [-0.39, 0.29) is 27.7 Å². The standard InChI is InChI=1S/C35H45F3O4/c1-23-13-14-29-32(4,19-15-28-31(2,3)17-10-18-33(28,29)5)26(23)21-27(24-16-20-41-22-24)42-30(39)34(40-6,35(36,37)38)25-11-8-7-9-12-25/h7-9,11-12,16,20,22,26-29H,1,10,13-15,17-19,21H2,2-6H3/t26-,27-,28+,29+,32+,33+,34-/m1/s1. The number of furan rings is 1. The number of ether oxygens (including phenoxy) is 2. The minimum atomic E-state index is -5.05. The number of benzene rings is 1. The van der Waals surface area contributed by atoms with Crippen molar-refractivity contribution in [3.05, 3.63) is 72.2 Å². The molecule has 3 fully saturated rings. The zero-order chi connectivity index (χ0) is 30.6. The Kier molecular flexibility index (Phi) is 8.00. The number of methoxy groups -OCH3 is 1. The Bertz CT molecular complexity index is 1270. The van der Waals surface area contributed by atoms with Crippen LogP contribution in [-0.4, -0.2) is 19.3 Å².